The number of ether oxygens (including phenoxy) is 3. The van der Waals surface area contributed by atoms with Crippen molar-refractivity contribution >= 4 is 52.8 Å². The van der Waals surface area contributed by atoms with Crippen LogP contribution in [0.5, 0.6) is 0 Å². The highest BCUT2D eigenvalue weighted by molar-refractivity contribution is 5.90. The second-order valence-corrected chi connectivity index (χ2v) is 12.2. The number of hydrogen-bond acceptors (Lipinski definition) is 12. The molecular formula is C36H42N6O6. The summed E-state index contributed by atoms with van der Waals surface area (Å²) in [5.74, 6) is -0.279. The first-order chi connectivity index (χ1) is 22.9. The summed E-state index contributed by atoms with van der Waals surface area (Å²) < 4.78 is 16.0. The standard InChI is InChI=1S/C36H42N6O6/c1-22(2)19-46-33(45)27-11-17-30(18-12-27)39-36-41-34(37-28-13-7-25(8-14-28)20-47-31(43)23(3)4)40-35(42-36)38-29-15-9-26(10-16-29)21-48-32(44)24(5)6/h7-18,22-24H,19-21H2,1-6H3,(H3,37,38,39,40,41,42). The fourth-order valence-corrected chi connectivity index (χ4v) is 3.96. The highest BCUT2D eigenvalue weighted by Crippen LogP contribution is 2.22. The van der Waals surface area contributed by atoms with Gasteiger partial charge in [-0.1, -0.05) is 65.8 Å². The molecule has 4 rings (SSSR count). The van der Waals surface area contributed by atoms with Crippen molar-refractivity contribution < 1.29 is 28.6 Å². The zero-order chi connectivity index (χ0) is 34.6. The molecule has 0 saturated heterocycles. The molecule has 0 aliphatic heterocycles. The first-order valence-corrected chi connectivity index (χ1v) is 15.8. The first-order valence-electron chi connectivity index (χ1n) is 15.8. The molecule has 12 heteroatoms. The Labute approximate surface area is 280 Å². The highest BCUT2D eigenvalue weighted by Gasteiger charge is 2.13. The van der Waals surface area contributed by atoms with Gasteiger partial charge in [0.25, 0.3) is 0 Å². The SMILES string of the molecule is CC(C)COC(=O)c1ccc(Nc2nc(Nc3ccc(COC(=O)C(C)C)cc3)nc(Nc3ccc(COC(=O)C(C)C)cc3)n2)cc1. The molecule has 4 aromatic rings. The zero-order valence-electron chi connectivity index (χ0n) is 28.1. The Morgan fingerprint density at radius 1 is 0.542 bits per heavy atom. The Morgan fingerprint density at radius 2 is 0.896 bits per heavy atom. The van der Waals surface area contributed by atoms with Crippen LogP contribution in [-0.4, -0.2) is 39.5 Å². The maximum Gasteiger partial charge on any atom is 0.338 e. The van der Waals surface area contributed by atoms with Crippen molar-refractivity contribution in [1.82, 2.24) is 15.0 Å². The third-order valence-electron chi connectivity index (χ3n) is 6.69. The van der Waals surface area contributed by atoms with E-state index in [1.54, 1.807) is 52.0 Å². The third kappa shape index (κ3) is 11.1. The molecule has 0 unspecified atom stereocenters. The average Bonchev–Trinajstić information content (AvgIpc) is 3.06. The van der Waals surface area contributed by atoms with E-state index >= 15 is 0 Å². The summed E-state index contributed by atoms with van der Waals surface area (Å²) in [6.45, 7) is 11.8. The first kappa shape index (κ1) is 35.3. The number of hydrogen-bond donors (Lipinski definition) is 3. The van der Waals surface area contributed by atoms with Crippen LogP contribution in [-0.2, 0) is 37.0 Å². The lowest BCUT2D eigenvalue weighted by atomic mass is 10.2. The Kier molecular flexibility index (Phi) is 12.4. The number of carbonyl (C=O) groups is 3. The lowest BCUT2D eigenvalue weighted by Gasteiger charge is -2.13. The Morgan fingerprint density at radius 3 is 1.23 bits per heavy atom. The molecule has 0 aliphatic carbocycles. The third-order valence-corrected chi connectivity index (χ3v) is 6.69. The van der Waals surface area contributed by atoms with Gasteiger partial charge < -0.3 is 30.2 Å². The van der Waals surface area contributed by atoms with Gasteiger partial charge in [-0.3, -0.25) is 9.59 Å². The van der Waals surface area contributed by atoms with Crippen LogP contribution in [0.2, 0.25) is 0 Å². The van der Waals surface area contributed by atoms with E-state index in [2.05, 4.69) is 30.9 Å². The van der Waals surface area contributed by atoms with Gasteiger partial charge in [0, 0.05) is 17.1 Å². The van der Waals surface area contributed by atoms with Gasteiger partial charge in [0.2, 0.25) is 17.8 Å². The van der Waals surface area contributed by atoms with E-state index in [9.17, 15) is 14.4 Å². The maximum absolute atomic E-state index is 12.3. The quantitative estimate of drug-likeness (QED) is 0.0869. The number of esters is 3. The molecule has 0 aliphatic rings. The number of benzene rings is 3. The van der Waals surface area contributed by atoms with Gasteiger partial charge in [0.05, 0.1) is 24.0 Å². The average molecular weight is 655 g/mol. The van der Waals surface area contributed by atoms with Gasteiger partial charge in [0.1, 0.15) is 13.2 Å². The van der Waals surface area contributed by atoms with Crippen LogP contribution in [0.1, 0.15) is 63.0 Å². The van der Waals surface area contributed by atoms with Crippen molar-refractivity contribution in [2.45, 2.75) is 54.8 Å². The molecule has 0 fully saturated rings. The van der Waals surface area contributed by atoms with Crippen molar-refractivity contribution in [2.75, 3.05) is 22.6 Å². The van der Waals surface area contributed by atoms with Crippen LogP contribution in [0.3, 0.4) is 0 Å². The van der Waals surface area contributed by atoms with E-state index in [1.807, 2.05) is 62.4 Å². The number of nitrogens with one attached hydrogen (secondary N) is 3. The molecular weight excluding hydrogens is 612 g/mol. The monoisotopic (exact) mass is 654 g/mol. The molecule has 0 saturated carbocycles. The topological polar surface area (TPSA) is 154 Å². The second-order valence-electron chi connectivity index (χ2n) is 12.2. The fraction of sp³-hybridized carbons (Fsp3) is 0.333. The van der Waals surface area contributed by atoms with Crippen LogP contribution in [0.15, 0.2) is 72.8 Å². The van der Waals surface area contributed by atoms with Crippen LogP contribution >= 0.6 is 0 Å². The van der Waals surface area contributed by atoms with Gasteiger partial charge in [-0.05, 0) is 65.6 Å². The summed E-state index contributed by atoms with van der Waals surface area (Å²) in [5, 5.41) is 9.57. The minimum absolute atomic E-state index is 0.179. The molecule has 48 heavy (non-hydrogen) atoms. The molecule has 0 spiro atoms. The van der Waals surface area contributed by atoms with Crippen LogP contribution < -0.4 is 16.0 Å². The van der Waals surface area contributed by atoms with Crippen molar-refractivity contribution in [3.05, 3.63) is 89.5 Å². The van der Waals surface area contributed by atoms with Crippen molar-refractivity contribution in [3.8, 4) is 0 Å². The predicted molar refractivity (Wildman–Crippen MR) is 183 cm³/mol. The van der Waals surface area contributed by atoms with E-state index in [1.165, 1.54) is 0 Å². The maximum atomic E-state index is 12.3. The molecule has 1 heterocycles. The molecule has 1 aromatic heterocycles. The van der Waals surface area contributed by atoms with Gasteiger partial charge >= 0.3 is 17.9 Å². The summed E-state index contributed by atoms with van der Waals surface area (Å²) in [6.07, 6.45) is 0. The van der Waals surface area contributed by atoms with Crippen LogP contribution in [0, 0.1) is 17.8 Å². The summed E-state index contributed by atoms with van der Waals surface area (Å²) in [4.78, 5) is 49.7. The van der Waals surface area contributed by atoms with Gasteiger partial charge in [-0.15, -0.1) is 0 Å². The Balaban J connectivity index is 1.51. The zero-order valence-corrected chi connectivity index (χ0v) is 28.1. The number of aromatic nitrogens is 3. The smallest absolute Gasteiger partial charge is 0.338 e. The minimum atomic E-state index is -0.387. The van der Waals surface area contributed by atoms with Gasteiger partial charge in [0.15, 0.2) is 0 Å². The van der Waals surface area contributed by atoms with Crippen LogP contribution in [0.4, 0.5) is 34.9 Å². The predicted octanol–water partition coefficient (Wildman–Crippen LogP) is 7.31. The summed E-state index contributed by atoms with van der Waals surface area (Å²) in [7, 11) is 0. The number of anilines is 6. The molecule has 0 atom stereocenters. The fourth-order valence-electron chi connectivity index (χ4n) is 3.96. The molecule has 3 aromatic carbocycles. The van der Waals surface area contributed by atoms with Crippen LogP contribution in [0.25, 0.3) is 0 Å². The van der Waals surface area contributed by atoms with E-state index in [0.29, 0.717) is 29.2 Å². The lowest BCUT2D eigenvalue weighted by molar-refractivity contribution is -0.149. The van der Waals surface area contributed by atoms with Crippen molar-refractivity contribution in [3.63, 3.8) is 0 Å². The van der Waals surface area contributed by atoms with Gasteiger partial charge in [-0.25, -0.2) is 4.79 Å². The lowest BCUT2D eigenvalue weighted by Crippen LogP contribution is -2.11. The molecule has 3 N–H and O–H groups in total. The van der Waals surface area contributed by atoms with E-state index in [4.69, 9.17) is 14.2 Å². The molecule has 12 nitrogen and oxygen atoms in total. The second kappa shape index (κ2) is 16.9. The Bertz CT molecular complexity index is 1590. The summed E-state index contributed by atoms with van der Waals surface area (Å²) >= 11 is 0. The molecule has 0 radical (unpaired) electrons. The van der Waals surface area contributed by atoms with E-state index in [-0.39, 0.29) is 66.7 Å². The molecule has 252 valence electrons. The van der Waals surface area contributed by atoms with Crippen molar-refractivity contribution in [2.24, 2.45) is 17.8 Å². The van der Waals surface area contributed by atoms with Gasteiger partial charge in [-0.2, -0.15) is 15.0 Å². The van der Waals surface area contributed by atoms with Crippen molar-refractivity contribution in [1.29, 1.82) is 0 Å². The number of rotatable bonds is 15. The minimum Gasteiger partial charge on any atom is -0.462 e. The normalized spacial score (nSPS) is 10.9. The van der Waals surface area contributed by atoms with E-state index in [0.717, 1.165) is 11.1 Å². The molecule has 0 amide bonds. The summed E-state index contributed by atoms with van der Waals surface area (Å²) in [6, 6.07) is 21.6. The highest BCUT2D eigenvalue weighted by atomic mass is 16.5. The number of nitrogens with zero attached hydrogens (tertiary/aromatic N) is 3. The Hall–Kier alpha value is -5.52. The number of carbonyl (C=O) groups excluding carboxylic acids is 3. The largest absolute Gasteiger partial charge is 0.462 e. The van der Waals surface area contributed by atoms with E-state index < -0.39 is 0 Å². The summed E-state index contributed by atoms with van der Waals surface area (Å²) in [5.41, 5.74) is 4.19. The molecule has 0 bridgehead atoms.